The van der Waals surface area contributed by atoms with Crippen LogP contribution in [0.1, 0.15) is 41.5 Å². The van der Waals surface area contributed by atoms with E-state index in [0.717, 1.165) is 8.58 Å². The summed E-state index contributed by atoms with van der Waals surface area (Å²) in [7, 11) is 1.05. The maximum Gasteiger partial charge on any atom is -0.00992 e. The zero-order valence-corrected chi connectivity index (χ0v) is 19.6. The molecule has 0 saturated heterocycles. The van der Waals surface area contributed by atoms with E-state index in [2.05, 4.69) is 126 Å². The first-order valence-corrected chi connectivity index (χ1v) is 11.4. The van der Waals surface area contributed by atoms with Crippen molar-refractivity contribution in [3.63, 3.8) is 0 Å². The Morgan fingerprint density at radius 2 is 0.793 bits per heavy atom. The van der Waals surface area contributed by atoms with Crippen molar-refractivity contribution in [2.24, 2.45) is 0 Å². The van der Waals surface area contributed by atoms with Gasteiger partial charge < -0.3 is 0 Å². The zero-order chi connectivity index (χ0) is 21.1. The molecule has 0 nitrogen and oxygen atoms in total. The van der Waals surface area contributed by atoms with Gasteiger partial charge in [-0.15, -0.1) is 8.58 Å². The minimum atomic E-state index is 0.512. The molecule has 0 aliphatic rings. The number of hydrogen-bond donors (Lipinski definition) is 0. The lowest BCUT2D eigenvalue weighted by atomic mass is 9.94. The summed E-state index contributed by atoms with van der Waals surface area (Å²) in [6.45, 7) is 13.8. The normalized spacial score (nSPS) is 11.9. The van der Waals surface area contributed by atoms with E-state index in [0.29, 0.717) is 10.3 Å². The van der Waals surface area contributed by atoms with E-state index in [1.807, 2.05) is 0 Å². The van der Waals surface area contributed by atoms with Crippen LogP contribution in [0.2, 0.25) is 0 Å². The smallest absolute Gasteiger partial charge is 0.00992 e. The van der Waals surface area contributed by atoms with Crippen molar-refractivity contribution in [1.29, 1.82) is 0 Å². The van der Waals surface area contributed by atoms with Crippen molar-refractivity contribution >= 4 is 30.1 Å². The summed E-state index contributed by atoms with van der Waals surface area (Å²) < 4.78 is 0. The summed E-state index contributed by atoms with van der Waals surface area (Å²) in [5.74, 6) is 0. The third-order valence-corrected chi connectivity index (χ3v) is 6.12. The van der Waals surface area contributed by atoms with Gasteiger partial charge in [-0.1, -0.05) is 126 Å². The minimum absolute atomic E-state index is 0.512. The minimum Gasteiger partial charge on any atom is -0.111 e. The first-order chi connectivity index (χ1) is 13.6. The fourth-order valence-electron chi connectivity index (χ4n) is 4.05. The molecule has 29 heavy (non-hydrogen) atoms. The molecule has 0 unspecified atom stereocenters. The maximum absolute atomic E-state index is 2.30. The Balaban J connectivity index is 0.000000229. The lowest BCUT2D eigenvalue weighted by Crippen LogP contribution is -2.16. The van der Waals surface area contributed by atoms with E-state index in [-0.39, 0.29) is 0 Å². The molecule has 0 radical (unpaired) electrons. The Bertz CT molecular complexity index is 994. The Morgan fingerprint density at radius 1 is 0.448 bits per heavy atom. The average Bonchev–Trinajstić information content (AvgIpc) is 2.65. The standard InChI is InChI=1S/C20H14.C8H19P/c1-3-11-17-15(7-1)9-5-13-19(17)20-14-6-10-16-8-2-4-12-18(16)20;1-7(2,3)9-8(4,5)6/h1-14H;9H,1-6H3. The number of rotatable bonds is 1. The van der Waals surface area contributed by atoms with Gasteiger partial charge in [-0.3, -0.25) is 0 Å². The molecule has 0 heterocycles. The van der Waals surface area contributed by atoms with Crippen LogP contribution in [-0.2, 0) is 0 Å². The molecule has 1 heteroatoms. The van der Waals surface area contributed by atoms with Crippen molar-refractivity contribution in [3.05, 3.63) is 84.9 Å². The second-order valence-corrected chi connectivity index (χ2v) is 12.9. The molecule has 0 fully saturated rings. The molecule has 0 spiro atoms. The summed E-state index contributed by atoms with van der Waals surface area (Å²) in [5.41, 5.74) is 2.61. The number of fused-ring (bicyclic) bond motifs is 2. The second-order valence-electron chi connectivity index (χ2n) is 9.68. The van der Waals surface area contributed by atoms with Gasteiger partial charge in [0.05, 0.1) is 0 Å². The fourth-order valence-corrected chi connectivity index (χ4v) is 6.30. The molecular formula is C28H33P. The van der Waals surface area contributed by atoms with E-state index in [9.17, 15) is 0 Å². The van der Waals surface area contributed by atoms with Gasteiger partial charge in [0.15, 0.2) is 0 Å². The highest BCUT2D eigenvalue weighted by Gasteiger charge is 2.19. The molecule has 0 aliphatic carbocycles. The van der Waals surface area contributed by atoms with Crippen LogP contribution in [0.5, 0.6) is 0 Å². The second kappa shape index (κ2) is 8.68. The molecule has 0 atom stereocenters. The molecule has 4 rings (SSSR count). The highest BCUT2D eigenvalue weighted by molar-refractivity contribution is 7.41. The van der Waals surface area contributed by atoms with Crippen LogP contribution in [0, 0.1) is 0 Å². The van der Waals surface area contributed by atoms with Crippen LogP contribution in [0.25, 0.3) is 32.7 Å². The van der Waals surface area contributed by atoms with Gasteiger partial charge in [0.1, 0.15) is 0 Å². The van der Waals surface area contributed by atoms with E-state index in [1.165, 1.54) is 32.7 Å². The quantitative estimate of drug-likeness (QED) is 0.280. The van der Waals surface area contributed by atoms with Crippen LogP contribution < -0.4 is 0 Å². The molecule has 0 amide bonds. The van der Waals surface area contributed by atoms with Crippen molar-refractivity contribution < 1.29 is 0 Å². The summed E-state index contributed by atoms with van der Waals surface area (Å²) in [6, 6.07) is 30.2. The Kier molecular flexibility index (Phi) is 6.45. The highest BCUT2D eigenvalue weighted by Crippen LogP contribution is 2.42. The third-order valence-electron chi connectivity index (χ3n) is 4.62. The lowest BCUT2D eigenvalue weighted by molar-refractivity contribution is 0.725. The van der Waals surface area contributed by atoms with Crippen LogP contribution in [-0.4, -0.2) is 10.3 Å². The molecule has 4 aromatic carbocycles. The predicted octanol–water partition coefficient (Wildman–Crippen LogP) is 8.92. The van der Waals surface area contributed by atoms with E-state index in [1.54, 1.807) is 0 Å². The number of benzene rings is 4. The molecular weight excluding hydrogens is 367 g/mol. The van der Waals surface area contributed by atoms with Crippen molar-refractivity contribution in [1.82, 2.24) is 0 Å². The maximum atomic E-state index is 2.30. The largest absolute Gasteiger partial charge is 0.111 e. The fraction of sp³-hybridized carbons (Fsp3) is 0.286. The Labute approximate surface area is 178 Å². The molecule has 0 aromatic heterocycles. The zero-order valence-electron chi connectivity index (χ0n) is 18.6. The van der Waals surface area contributed by atoms with Crippen LogP contribution in [0.15, 0.2) is 84.9 Å². The van der Waals surface area contributed by atoms with Gasteiger partial charge in [0.2, 0.25) is 0 Å². The van der Waals surface area contributed by atoms with Gasteiger partial charge in [-0.05, 0) is 43.0 Å². The lowest BCUT2D eigenvalue weighted by Gasteiger charge is -2.28. The number of hydrogen-bond acceptors (Lipinski definition) is 0. The van der Waals surface area contributed by atoms with Gasteiger partial charge >= 0.3 is 0 Å². The van der Waals surface area contributed by atoms with Crippen molar-refractivity contribution in [2.45, 2.75) is 51.9 Å². The van der Waals surface area contributed by atoms with Crippen molar-refractivity contribution in [3.8, 4) is 11.1 Å². The van der Waals surface area contributed by atoms with Gasteiger partial charge in [0.25, 0.3) is 0 Å². The van der Waals surface area contributed by atoms with Gasteiger partial charge in [-0.2, -0.15) is 0 Å². The summed E-state index contributed by atoms with van der Waals surface area (Å²) in [5, 5.41) is 6.23. The van der Waals surface area contributed by atoms with Crippen LogP contribution >= 0.6 is 8.58 Å². The molecule has 0 saturated carbocycles. The summed E-state index contributed by atoms with van der Waals surface area (Å²) >= 11 is 0. The van der Waals surface area contributed by atoms with Crippen LogP contribution in [0.3, 0.4) is 0 Å². The highest BCUT2D eigenvalue weighted by atomic mass is 31.1. The van der Waals surface area contributed by atoms with E-state index >= 15 is 0 Å². The van der Waals surface area contributed by atoms with Gasteiger partial charge in [-0.25, -0.2) is 0 Å². The average molecular weight is 401 g/mol. The monoisotopic (exact) mass is 400 g/mol. The SMILES string of the molecule is CC(C)(C)PC(C)(C)C.c1ccc2c(-c3cccc4ccccc34)cccc2c1. The van der Waals surface area contributed by atoms with E-state index < -0.39 is 0 Å². The molecule has 0 N–H and O–H groups in total. The first-order valence-electron chi connectivity index (χ1n) is 10.4. The molecule has 4 aromatic rings. The van der Waals surface area contributed by atoms with Crippen molar-refractivity contribution in [2.75, 3.05) is 0 Å². The third kappa shape index (κ3) is 5.91. The molecule has 0 aliphatic heterocycles. The summed E-state index contributed by atoms with van der Waals surface area (Å²) in [6.07, 6.45) is 0. The summed E-state index contributed by atoms with van der Waals surface area (Å²) in [4.78, 5) is 0. The predicted molar refractivity (Wildman–Crippen MR) is 135 cm³/mol. The first kappa shape index (κ1) is 21.5. The molecule has 0 bridgehead atoms. The Morgan fingerprint density at radius 3 is 1.14 bits per heavy atom. The van der Waals surface area contributed by atoms with Crippen LogP contribution in [0.4, 0.5) is 0 Å². The van der Waals surface area contributed by atoms with E-state index in [4.69, 9.17) is 0 Å². The van der Waals surface area contributed by atoms with Gasteiger partial charge in [0, 0.05) is 0 Å². The molecule has 150 valence electrons. The topological polar surface area (TPSA) is 0 Å². The Hall–Kier alpha value is -2.17.